The molecular weight excluding hydrogens is 226 g/mol. The lowest BCUT2D eigenvalue weighted by atomic mass is 9.83. The number of methoxy groups -OCH3 is 1. The number of piperidine rings is 1. The molecule has 4 nitrogen and oxygen atoms in total. The van der Waals surface area contributed by atoms with Crippen molar-refractivity contribution in [2.75, 3.05) is 47.4 Å². The highest BCUT2D eigenvalue weighted by atomic mass is 16.5. The second-order valence-electron chi connectivity index (χ2n) is 6.10. The van der Waals surface area contributed by atoms with Crippen molar-refractivity contribution in [3.8, 4) is 0 Å². The summed E-state index contributed by atoms with van der Waals surface area (Å²) in [6.45, 7) is 8.14. The van der Waals surface area contributed by atoms with Gasteiger partial charge in [-0.1, -0.05) is 13.8 Å². The number of likely N-dealkylation sites (tertiary alicyclic amines) is 1. The Balaban J connectivity index is 2.84. The fourth-order valence-corrected chi connectivity index (χ4v) is 3.08. The quantitative estimate of drug-likeness (QED) is 0.771. The highest BCUT2D eigenvalue weighted by Crippen LogP contribution is 2.29. The highest BCUT2D eigenvalue weighted by Gasteiger charge is 2.41. The van der Waals surface area contributed by atoms with Gasteiger partial charge in [-0.25, -0.2) is 0 Å². The van der Waals surface area contributed by atoms with Crippen LogP contribution >= 0.6 is 0 Å². The average molecular weight is 257 g/mol. The summed E-state index contributed by atoms with van der Waals surface area (Å²) in [7, 11) is 6.12. The molecule has 0 radical (unpaired) electrons. The van der Waals surface area contributed by atoms with Crippen LogP contribution in [-0.2, 0) is 4.74 Å². The first kappa shape index (κ1) is 15.9. The monoisotopic (exact) mass is 257 g/mol. The smallest absolute Gasteiger partial charge is 0.0661 e. The van der Waals surface area contributed by atoms with Crippen LogP contribution in [0.25, 0.3) is 0 Å². The summed E-state index contributed by atoms with van der Waals surface area (Å²) in [5, 5.41) is 0. The van der Waals surface area contributed by atoms with E-state index < -0.39 is 0 Å². The molecule has 0 aliphatic carbocycles. The molecule has 1 saturated heterocycles. The summed E-state index contributed by atoms with van der Waals surface area (Å²) in [5.41, 5.74) is 6.10. The van der Waals surface area contributed by atoms with Crippen LogP contribution in [0.1, 0.15) is 26.7 Å². The van der Waals surface area contributed by atoms with Gasteiger partial charge < -0.3 is 15.4 Å². The van der Waals surface area contributed by atoms with Gasteiger partial charge in [0.05, 0.1) is 12.1 Å². The summed E-state index contributed by atoms with van der Waals surface area (Å²) in [6, 6.07) is 0.639. The summed E-state index contributed by atoms with van der Waals surface area (Å²) >= 11 is 0. The predicted octanol–water partition coefficient (Wildman–Crippen LogP) is 1.01. The molecule has 0 aromatic rings. The fourth-order valence-electron chi connectivity index (χ4n) is 3.08. The van der Waals surface area contributed by atoms with Crippen LogP contribution < -0.4 is 5.73 Å². The third-order valence-electron chi connectivity index (χ3n) is 4.58. The van der Waals surface area contributed by atoms with E-state index in [2.05, 4.69) is 37.7 Å². The first-order valence-corrected chi connectivity index (χ1v) is 7.08. The lowest BCUT2D eigenvalue weighted by Crippen LogP contribution is -2.64. The Morgan fingerprint density at radius 2 is 2.11 bits per heavy atom. The maximum Gasteiger partial charge on any atom is 0.0661 e. The van der Waals surface area contributed by atoms with Crippen molar-refractivity contribution in [3.63, 3.8) is 0 Å². The molecule has 0 bridgehead atoms. The van der Waals surface area contributed by atoms with Crippen molar-refractivity contribution in [2.45, 2.75) is 38.3 Å². The van der Waals surface area contributed by atoms with Crippen LogP contribution in [0.5, 0.6) is 0 Å². The van der Waals surface area contributed by atoms with Gasteiger partial charge in [-0.2, -0.15) is 0 Å². The lowest BCUT2D eigenvalue weighted by Gasteiger charge is -2.50. The van der Waals surface area contributed by atoms with Crippen LogP contribution in [0.15, 0.2) is 0 Å². The zero-order chi connectivity index (χ0) is 13.8. The Morgan fingerprint density at radius 1 is 1.44 bits per heavy atom. The molecule has 18 heavy (non-hydrogen) atoms. The van der Waals surface area contributed by atoms with E-state index in [-0.39, 0.29) is 5.54 Å². The molecule has 0 saturated carbocycles. The molecule has 2 N–H and O–H groups in total. The number of likely N-dealkylation sites (N-methyl/N-ethyl adjacent to an activating group) is 1. The van der Waals surface area contributed by atoms with E-state index in [1.54, 1.807) is 7.11 Å². The minimum Gasteiger partial charge on any atom is -0.383 e. The molecule has 0 aromatic heterocycles. The van der Waals surface area contributed by atoms with Gasteiger partial charge in [0.15, 0.2) is 0 Å². The first-order valence-electron chi connectivity index (χ1n) is 7.08. The molecule has 2 atom stereocenters. The third kappa shape index (κ3) is 3.23. The molecule has 0 spiro atoms. The van der Waals surface area contributed by atoms with Crippen molar-refractivity contribution < 1.29 is 4.74 Å². The molecule has 1 aliphatic heterocycles. The van der Waals surface area contributed by atoms with Gasteiger partial charge in [0, 0.05) is 26.2 Å². The minimum absolute atomic E-state index is 0.0105. The minimum atomic E-state index is -0.0105. The Bertz CT molecular complexity index is 245. The molecule has 1 heterocycles. The van der Waals surface area contributed by atoms with Crippen LogP contribution in [-0.4, -0.2) is 68.8 Å². The van der Waals surface area contributed by atoms with E-state index in [4.69, 9.17) is 10.5 Å². The molecule has 1 fully saturated rings. The van der Waals surface area contributed by atoms with Crippen molar-refractivity contribution in [1.29, 1.82) is 0 Å². The van der Waals surface area contributed by atoms with Crippen molar-refractivity contribution in [1.82, 2.24) is 9.80 Å². The fraction of sp³-hybridized carbons (Fsp3) is 1.00. The van der Waals surface area contributed by atoms with Crippen LogP contribution in [0.2, 0.25) is 0 Å². The number of hydrogen-bond acceptors (Lipinski definition) is 4. The topological polar surface area (TPSA) is 41.7 Å². The Labute approximate surface area is 112 Å². The second kappa shape index (κ2) is 6.85. The Hall–Kier alpha value is -0.160. The van der Waals surface area contributed by atoms with Crippen molar-refractivity contribution in [2.24, 2.45) is 11.7 Å². The van der Waals surface area contributed by atoms with Crippen LogP contribution in [0.4, 0.5) is 0 Å². The number of rotatable bonds is 6. The predicted molar refractivity (Wildman–Crippen MR) is 76.8 cm³/mol. The number of hydrogen-bond donors (Lipinski definition) is 1. The van der Waals surface area contributed by atoms with Gasteiger partial charge in [-0.15, -0.1) is 0 Å². The van der Waals surface area contributed by atoms with Crippen LogP contribution in [0.3, 0.4) is 0 Å². The highest BCUT2D eigenvalue weighted by molar-refractivity contribution is 4.97. The Kier molecular flexibility index (Phi) is 6.05. The molecule has 1 rings (SSSR count). The molecular formula is C14H31N3O. The van der Waals surface area contributed by atoms with Gasteiger partial charge >= 0.3 is 0 Å². The summed E-state index contributed by atoms with van der Waals surface area (Å²) in [5.74, 6) is 0.503. The van der Waals surface area contributed by atoms with Gasteiger partial charge in [-0.3, -0.25) is 4.90 Å². The average Bonchev–Trinajstić information content (AvgIpc) is 2.35. The van der Waals surface area contributed by atoms with Crippen molar-refractivity contribution >= 4 is 0 Å². The standard InChI is InChI=1S/C14H31N3O/c1-12(2)14(10-15,11-18-5)17-8-6-7-13(9-17)16(3)4/h12-13H,6-11,15H2,1-5H3. The van der Waals surface area contributed by atoms with Crippen molar-refractivity contribution in [3.05, 3.63) is 0 Å². The van der Waals surface area contributed by atoms with E-state index in [9.17, 15) is 0 Å². The maximum atomic E-state index is 6.11. The molecule has 4 heteroatoms. The number of nitrogens with zero attached hydrogens (tertiary/aromatic N) is 2. The summed E-state index contributed by atoms with van der Waals surface area (Å²) < 4.78 is 5.47. The normalized spacial score (nSPS) is 25.7. The number of ether oxygens (including phenoxy) is 1. The van der Waals surface area contributed by atoms with Gasteiger partial charge in [0.2, 0.25) is 0 Å². The van der Waals surface area contributed by atoms with E-state index >= 15 is 0 Å². The SMILES string of the molecule is COCC(CN)(C(C)C)N1CCCC(N(C)C)C1. The van der Waals surface area contributed by atoms with Crippen LogP contribution in [0, 0.1) is 5.92 Å². The van der Waals surface area contributed by atoms with E-state index in [0.717, 1.165) is 19.7 Å². The maximum absolute atomic E-state index is 6.11. The van der Waals surface area contributed by atoms with E-state index in [1.165, 1.54) is 12.8 Å². The summed E-state index contributed by atoms with van der Waals surface area (Å²) in [4.78, 5) is 4.90. The Morgan fingerprint density at radius 3 is 2.56 bits per heavy atom. The van der Waals surface area contributed by atoms with Gasteiger partial charge in [-0.05, 0) is 39.4 Å². The largest absolute Gasteiger partial charge is 0.383 e. The summed E-state index contributed by atoms with van der Waals surface area (Å²) in [6.07, 6.45) is 2.54. The van der Waals surface area contributed by atoms with E-state index in [0.29, 0.717) is 18.5 Å². The zero-order valence-corrected chi connectivity index (χ0v) is 12.8. The van der Waals surface area contributed by atoms with Gasteiger partial charge in [0.1, 0.15) is 0 Å². The molecule has 0 amide bonds. The molecule has 108 valence electrons. The molecule has 0 aromatic carbocycles. The van der Waals surface area contributed by atoms with Gasteiger partial charge in [0.25, 0.3) is 0 Å². The third-order valence-corrected chi connectivity index (χ3v) is 4.58. The molecule has 1 aliphatic rings. The number of nitrogens with two attached hydrogens (primary N) is 1. The first-order chi connectivity index (χ1) is 8.47. The lowest BCUT2D eigenvalue weighted by molar-refractivity contribution is -0.0409. The van der Waals surface area contributed by atoms with E-state index in [1.807, 2.05) is 0 Å². The molecule has 2 unspecified atom stereocenters. The second-order valence-corrected chi connectivity index (χ2v) is 6.10. The zero-order valence-electron chi connectivity index (χ0n) is 12.8.